The summed E-state index contributed by atoms with van der Waals surface area (Å²) in [4.78, 5) is 9.71. The number of furan rings is 1. The fourth-order valence-corrected chi connectivity index (χ4v) is 5.94. The lowest BCUT2D eigenvalue weighted by Gasteiger charge is -2.27. The second-order valence-electron chi connectivity index (χ2n) is 13.8. The van der Waals surface area contributed by atoms with Crippen LogP contribution in [0.15, 0.2) is 105 Å². The smallest absolute Gasteiger partial charge is 0.229 e. The second-order valence-corrected chi connectivity index (χ2v) is 13.8. The Morgan fingerprint density at radius 3 is 2.22 bits per heavy atom. The van der Waals surface area contributed by atoms with Gasteiger partial charge in [-0.25, -0.2) is 9.37 Å². The molecule has 0 amide bonds. The summed E-state index contributed by atoms with van der Waals surface area (Å²) in [7, 11) is 0. The van der Waals surface area contributed by atoms with Crippen LogP contribution in [0.4, 0.5) is 10.1 Å². The number of para-hydroxylation sites is 3. The van der Waals surface area contributed by atoms with E-state index in [1.807, 2.05) is 72.8 Å². The molecule has 230 valence electrons. The molecule has 0 unspecified atom stereocenters. The number of aliphatic imine (C=N–C) groups is 1. The predicted molar refractivity (Wildman–Crippen MR) is 185 cm³/mol. The van der Waals surface area contributed by atoms with E-state index in [9.17, 15) is 5.11 Å². The Hall–Kier alpha value is -5.23. The first-order valence-electron chi connectivity index (χ1n) is 15.4. The van der Waals surface area contributed by atoms with Crippen molar-refractivity contribution in [2.24, 2.45) is 4.99 Å². The number of halogens is 1. The van der Waals surface area contributed by atoms with Crippen molar-refractivity contribution < 1.29 is 18.3 Å². The van der Waals surface area contributed by atoms with Crippen LogP contribution in [-0.4, -0.2) is 16.3 Å². The standard InChI is InChI=1S/C40H35FN2O3/c1-39(2,3)24-18-23(36(44)31(19-24)40(4,5)6)22-42-32-16-9-7-13-29(32)38-43-35-30(20-25(41)21-34(35)46-38)28-15-11-14-27-26-12-8-10-17-33(26)45-37(27)28/h7-22,44H,1-6H3. The fraction of sp³-hybridized carbons (Fsp3) is 0.200. The van der Waals surface area contributed by atoms with E-state index < -0.39 is 5.82 Å². The molecule has 1 N–H and O–H groups in total. The third-order valence-corrected chi connectivity index (χ3v) is 8.44. The van der Waals surface area contributed by atoms with E-state index >= 15 is 4.39 Å². The topological polar surface area (TPSA) is 71.8 Å². The van der Waals surface area contributed by atoms with E-state index in [-0.39, 0.29) is 16.6 Å². The fourth-order valence-electron chi connectivity index (χ4n) is 5.94. The van der Waals surface area contributed by atoms with Crippen LogP contribution in [0, 0.1) is 5.82 Å². The summed E-state index contributed by atoms with van der Waals surface area (Å²) in [6.07, 6.45) is 1.69. The Labute approximate surface area is 267 Å². The lowest BCUT2D eigenvalue weighted by molar-refractivity contribution is 0.444. The molecule has 0 bridgehead atoms. The van der Waals surface area contributed by atoms with E-state index in [1.165, 1.54) is 12.1 Å². The van der Waals surface area contributed by atoms with Gasteiger partial charge in [-0.3, -0.25) is 4.99 Å². The van der Waals surface area contributed by atoms with Crippen molar-refractivity contribution in [3.05, 3.63) is 114 Å². The van der Waals surface area contributed by atoms with E-state index in [4.69, 9.17) is 18.8 Å². The lowest BCUT2D eigenvalue weighted by Crippen LogP contribution is -2.17. The molecule has 46 heavy (non-hydrogen) atoms. The molecule has 7 rings (SSSR count). The molecule has 0 saturated carbocycles. The first-order valence-corrected chi connectivity index (χ1v) is 15.4. The molecule has 0 saturated heterocycles. The van der Waals surface area contributed by atoms with E-state index in [2.05, 4.69) is 47.6 Å². The number of fused-ring (bicyclic) bond motifs is 4. The summed E-state index contributed by atoms with van der Waals surface area (Å²) in [6.45, 7) is 12.7. The van der Waals surface area contributed by atoms with Gasteiger partial charge in [0.15, 0.2) is 5.58 Å². The Balaban J connectivity index is 1.35. The molecular weight excluding hydrogens is 575 g/mol. The van der Waals surface area contributed by atoms with Gasteiger partial charge >= 0.3 is 0 Å². The molecule has 0 aliphatic carbocycles. The van der Waals surface area contributed by atoms with Crippen molar-refractivity contribution in [3.8, 4) is 28.3 Å². The van der Waals surface area contributed by atoms with Crippen LogP contribution in [0.3, 0.4) is 0 Å². The van der Waals surface area contributed by atoms with E-state index in [1.54, 1.807) is 6.21 Å². The van der Waals surface area contributed by atoms with Crippen LogP contribution < -0.4 is 0 Å². The number of aromatic nitrogens is 1. The average Bonchev–Trinajstić information content (AvgIpc) is 3.61. The van der Waals surface area contributed by atoms with Gasteiger partial charge in [0.1, 0.15) is 28.2 Å². The molecule has 0 radical (unpaired) electrons. The number of rotatable bonds is 4. The number of benzene rings is 5. The quantitative estimate of drug-likeness (QED) is 0.201. The van der Waals surface area contributed by atoms with Crippen molar-refractivity contribution in [1.82, 2.24) is 4.98 Å². The first kappa shape index (κ1) is 29.5. The minimum absolute atomic E-state index is 0.119. The summed E-state index contributed by atoms with van der Waals surface area (Å²) in [5.41, 5.74) is 7.05. The Morgan fingerprint density at radius 1 is 0.717 bits per heavy atom. The first-order chi connectivity index (χ1) is 21.9. The Morgan fingerprint density at radius 2 is 1.43 bits per heavy atom. The second kappa shape index (κ2) is 10.7. The third kappa shape index (κ3) is 5.14. The zero-order chi connectivity index (χ0) is 32.4. The summed E-state index contributed by atoms with van der Waals surface area (Å²) >= 11 is 0. The van der Waals surface area contributed by atoms with Crippen LogP contribution in [0.25, 0.3) is 55.6 Å². The van der Waals surface area contributed by atoms with E-state index in [0.29, 0.717) is 45.0 Å². The molecular formula is C40H35FN2O3. The minimum atomic E-state index is -0.437. The number of hydrogen-bond acceptors (Lipinski definition) is 5. The van der Waals surface area contributed by atoms with Gasteiger partial charge in [0, 0.05) is 45.3 Å². The maximum atomic E-state index is 15.1. The van der Waals surface area contributed by atoms with Gasteiger partial charge in [-0.1, -0.05) is 96.1 Å². The molecule has 0 spiro atoms. The highest BCUT2D eigenvalue weighted by atomic mass is 19.1. The summed E-state index contributed by atoms with van der Waals surface area (Å²) in [6, 6.07) is 28.1. The van der Waals surface area contributed by atoms with Crippen molar-refractivity contribution >= 4 is 44.9 Å². The number of oxazole rings is 1. The molecule has 2 aromatic heterocycles. The predicted octanol–water partition coefficient (Wildman–Crippen LogP) is 11.3. The summed E-state index contributed by atoms with van der Waals surface area (Å²) < 4.78 is 27.6. The summed E-state index contributed by atoms with van der Waals surface area (Å²) in [5.74, 6) is 0.0892. The van der Waals surface area contributed by atoms with Crippen LogP contribution in [-0.2, 0) is 10.8 Å². The van der Waals surface area contributed by atoms with Crippen molar-refractivity contribution in [3.63, 3.8) is 0 Å². The maximum absolute atomic E-state index is 15.1. The molecule has 2 heterocycles. The zero-order valence-electron chi connectivity index (χ0n) is 26.8. The normalized spacial score (nSPS) is 12.7. The molecule has 0 fully saturated rings. The maximum Gasteiger partial charge on any atom is 0.229 e. The zero-order valence-corrected chi connectivity index (χ0v) is 26.8. The SMILES string of the molecule is CC(C)(C)c1cc(C=Nc2ccccc2-c2nc3c(-c4cccc5c4oc4ccccc45)cc(F)cc3o2)c(O)c(C(C)(C)C)c1. The molecule has 0 atom stereocenters. The van der Waals surface area contributed by atoms with Gasteiger partial charge in [0.05, 0.1) is 11.3 Å². The van der Waals surface area contributed by atoms with Gasteiger partial charge in [0.2, 0.25) is 5.89 Å². The third-order valence-electron chi connectivity index (χ3n) is 8.44. The van der Waals surface area contributed by atoms with Gasteiger partial charge in [-0.2, -0.15) is 0 Å². The largest absolute Gasteiger partial charge is 0.507 e. The molecule has 7 aromatic rings. The molecule has 5 nitrogen and oxygen atoms in total. The van der Waals surface area contributed by atoms with Gasteiger partial charge in [0.25, 0.3) is 0 Å². The highest BCUT2D eigenvalue weighted by Crippen LogP contribution is 2.41. The van der Waals surface area contributed by atoms with Gasteiger partial charge < -0.3 is 13.9 Å². The van der Waals surface area contributed by atoms with Crippen LogP contribution >= 0.6 is 0 Å². The highest BCUT2D eigenvalue weighted by molar-refractivity contribution is 6.11. The number of phenols is 1. The van der Waals surface area contributed by atoms with Gasteiger partial charge in [-0.15, -0.1) is 0 Å². The minimum Gasteiger partial charge on any atom is -0.507 e. The number of aromatic hydroxyl groups is 1. The van der Waals surface area contributed by atoms with Crippen molar-refractivity contribution in [2.45, 2.75) is 52.4 Å². The van der Waals surface area contributed by atoms with Crippen molar-refractivity contribution in [2.75, 3.05) is 0 Å². The van der Waals surface area contributed by atoms with Gasteiger partial charge in [-0.05, 0) is 46.7 Å². The monoisotopic (exact) mass is 610 g/mol. The number of phenolic OH excluding ortho intramolecular Hbond substituents is 1. The van der Waals surface area contributed by atoms with E-state index in [0.717, 1.165) is 33.0 Å². The number of nitrogens with zero attached hydrogens (tertiary/aromatic N) is 2. The number of hydrogen-bond donors (Lipinski definition) is 1. The highest BCUT2D eigenvalue weighted by Gasteiger charge is 2.25. The van der Waals surface area contributed by atoms with Crippen molar-refractivity contribution in [1.29, 1.82) is 0 Å². The van der Waals surface area contributed by atoms with Crippen LogP contribution in [0.2, 0.25) is 0 Å². The molecule has 5 aromatic carbocycles. The average molecular weight is 611 g/mol. The summed E-state index contributed by atoms with van der Waals surface area (Å²) in [5, 5.41) is 13.2. The lowest BCUT2D eigenvalue weighted by atomic mass is 9.79. The Kier molecular flexibility index (Phi) is 6.85. The van der Waals surface area contributed by atoms with Crippen LogP contribution in [0.5, 0.6) is 5.75 Å². The Bertz CT molecular complexity index is 2310. The molecule has 0 aliphatic rings. The molecule has 0 aliphatic heterocycles. The molecule has 6 heteroatoms. The van der Waals surface area contributed by atoms with Crippen LogP contribution in [0.1, 0.15) is 58.2 Å².